The minimum absolute atomic E-state index is 0.198. The van der Waals surface area contributed by atoms with E-state index in [4.69, 9.17) is 9.47 Å². The van der Waals surface area contributed by atoms with E-state index in [1.54, 1.807) is 4.90 Å². The summed E-state index contributed by atoms with van der Waals surface area (Å²) in [5, 5.41) is 3.41. The van der Waals surface area contributed by atoms with E-state index < -0.39 is 5.60 Å². The third-order valence-corrected chi connectivity index (χ3v) is 3.18. The van der Waals surface area contributed by atoms with Gasteiger partial charge in [-0.15, -0.1) is 0 Å². The van der Waals surface area contributed by atoms with Crippen molar-refractivity contribution in [2.75, 3.05) is 18.4 Å². The number of nitrogens with one attached hydrogen (secondary N) is 1. The second-order valence-corrected chi connectivity index (χ2v) is 7.97. The molecule has 1 fully saturated rings. The van der Waals surface area contributed by atoms with Crippen molar-refractivity contribution in [3.8, 4) is 5.75 Å². The zero-order chi connectivity index (χ0) is 17.3. The Morgan fingerprint density at radius 3 is 2.09 bits per heavy atom. The van der Waals surface area contributed by atoms with Gasteiger partial charge in [-0.05, 0) is 65.8 Å². The number of carbonyl (C=O) groups excluding carboxylic acids is 1. The largest absolute Gasteiger partial charge is 0.488 e. The lowest BCUT2D eigenvalue weighted by molar-refractivity contribution is 0.0105. The van der Waals surface area contributed by atoms with E-state index in [2.05, 4.69) is 5.32 Å². The number of carbonyl (C=O) groups is 1. The Kier molecular flexibility index (Phi) is 4.78. The zero-order valence-electron chi connectivity index (χ0n) is 15.0. The minimum Gasteiger partial charge on any atom is -0.488 e. The van der Waals surface area contributed by atoms with Crippen molar-refractivity contribution in [3.05, 3.63) is 24.3 Å². The molecule has 0 atom stereocenters. The molecule has 1 heterocycles. The average molecular weight is 320 g/mol. The van der Waals surface area contributed by atoms with E-state index in [0.29, 0.717) is 13.1 Å². The van der Waals surface area contributed by atoms with Gasteiger partial charge in [0, 0.05) is 18.8 Å². The van der Waals surface area contributed by atoms with E-state index in [-0.39, 0.29) is 17.7 Å². The van der Waals surface area contributed by atoms with Crippen LogP contribution in [0, 0.1) is 0 Å². The molecule has 2 rings (SSSR count). The molecule has 1 aromatic rings. The van der Waals surface area contributed by atoms with Crippen LogP contribution in [-0.2, 0) is 4.74 Å². The van der Waals surface area contributed by atoms with E-state index in [1.165, 1.54) is 0 Å². The van der Waals surface area contributed by atoms with Crippen molar-refractivity contribution < 1.29 is 14.3 Å². The van der Waals surface area contributed by atoms with Gasteiger partial charge in [-0.3, -0.25) is 0 Å². The first kappa shape index (κ1) is 17.4. The van der Waals surface area contributed by atoms with Gasteiger partial charge in [0.25, 0.3) is 0 Å². The smallest absolute Gasteiger partial charge is 0.410 e. The monoisotopic (exact) mass is 320 g/mol. The molecule has 0 bridgehead atoms. The fourth-order valence-electron chi connectivity index (χ4n) is 2.25. The Morgan fingerprint density at radius 2 is 1.61 bits per heavy atom. The van der Waals surface area contributed by atoms with Crippen molar-refractivity contribution >= 4 is 11.8 Å². The van der Waals surface area contributed by atoms with Gasteiger partial charge >= 0.3 is 6.09 Å². The van der Waals surface area contributed by atoms with Crippen LogP contribution in [-0.4, -0.2) is 41.3 Å². The van der Waals surface area contributed by atoms with Crippen LogP contribution < -0.4 is 10.1 Å². The molecule has 1 aliphatic rings. The summed E-state index contributed by atoms with van der Waals surface area (Å²) >= 11 is 0. The molecule has 1 saturated heterocycles. The highest BCUT2D eigenvalue weighted by Crippen LogP contribution is 2.23. The highest BCUT2D eigenvalue weighted by molar-refractivity contribution is 5.69. The first-order valence-corrected chi connectivity index (χ1v) is 8.05. The van der Waals surface area contributed by atoms with E-state index in [0.717, 1.165) is 11.4 Å². The van der Waals surface area contributed by atoms with Crippen LogP contribution in [0.15, 0.2) is 24.3 Å². The van der Waals surface area contributed by atoms with Gasteiger partial charge in [0.1, 0.15) is 17.0 Å². The molecule has 0 unspecified atom stereocenters. The van der Waals surface area contributed by atoms with Crippen molar-refractivity contribution in [2.24, 2.45) is 0 Å². The van der Waals surface area contributed by atoms with Crippen molar-refractivity contribution in [1.82, 2.24) is 4.90 Å². The molecule has 0 saturated carbocycles. The number of likely N-dealkylation sites (tertiary alicyclic amines) is 1. The molecule has 0 radical (unpaired) electrons. The summed E-state index contributed by atoms with van der Waals surface area (Å²) in [6.07, 6.45) is -0.246. The molecule has 0 spiro atoms. The zero-order valence-corrected chi connectivity index (χ0v) is 15.0. The summed E-state index contributed by atoms with van der Waals surface area (Å²) in [7, 11) is 0. The van der Waals surface area contributed by atoms with Crippen LogP contribution in [0.3, 0.4) is 0 Å². The summed E-state index contributed by atoms with van der Waals surface area (Å²) < 4.78 is 11.1. The van der Waals surface area contributed by atoms with Crippen LogP contribution in [0.2, 0.25) is 0 Å². The first-order valence-electron chi connectivity index (χ1n) is 8.05. The summed E-state index contributed by atoms with van der Waals surface area (Å²) in [5.74, 6) is 0.854. The van der Waals surface area contributed by atoms with Crippen molar-refractivity contribution in [1.29, 1.82) is 0 Å². The van der Waals surface area contributed by atoms with Crippen molar-refractivity contribution in [3.63, 3.8) is 0 Å². The first-order chi connectivity index (χ1) is 10.5. The lowest BCUT2D eigenvalue weighted by atomic mass is 10.1. The van der Waals surface area contributed by atoms with E-state index in [1.807, 2.05) is 65.8 Å². The van der Waals surface area contributed by atoms with Gasteiger partial charge < -0.3 is 19.7 Å². The number of hydrogen-bond acceptors (Lipinski definition) is 4. The molecule has 5 nitrogen and oxygen atoms in total. The molecular weight excluding hydrogens is 292 g/mol. The fraction of sp³-hybridized carbons (Fsp3) is 0.611. The number of hydrogen-bond donors (Lipinski definition) is 1. The summed E-state index contributed by atoms with van der Waals surface area (Å²) in [6.45, 7) is 13.0. The van der Waals surface area contributed by atoms with Crippen LogP contribution in [0.1, 0.15) is 41.5 Å². The number of nitrogens with zero attached hydrogens (tertiary/aromatic N) is 1. The lowest BCUT2D eigenvalue weighted by Crippen LogP contribution is -2.57. The van der Waals surface area contributed by atoms with Gasteiger partial charge in [-0.25, -0.2) is 4.79 Å². The molecule has 1 aromatic carbocycles. The molecule has 128 valence electrons. The SMILES string of the molecule is CC(C)(C)OC(=O)N1CC(Nc2ccc(OC(C)(C)C)cc2)C1. The van der Waals surface area contributed by atoms with Gasteiger partial charge in [-0.1, -0.05) is 0 Å². The van der Waals surface area contributed by atoms with Crippen LogP contribution in [0.25, 0.3) is 0 Å². The number of rotatable bonds is 3. The van der Waals surface area contributed by atoms with Gasteiger partial charge in [0.2, 0.25) is 0 Å². The molecule has 5 heteroatoms. The molecule has 0 aromatic heterocycles. The maximum Gasteiger partial charge on any atom is 0.410 e. The highest BCUT2D eigenvalue weighted by Gasteiger charge is 2.33. The fourth-order valence-corrected chi connectivity index (χ4v) is 2.25. The molecule has 1 amide bonds. The van der Waals surface area contributed by atoms with E-state index >= 15 is 0 Å². The molecule has 1 N–H and O–H groups in total. The van der Waals surface area contributed by atoms with Gasteiger partial charge in [0.05, 0.1) is 6.04 Å². The quantitative estimate of drug-likeness (QED) is 0.918. The van der Waals surface area contributed by atoms with Crippen LogP contribution >= 0.6 is 0 Å². The molecule has 0 aliphatic carbocycles. The number of amides is 1. The van der Waals surface area contributed by atoms with Gasteiger partial charge in [-0.2, -0.15) is 0 Å². The summed E-state index contributed by atoms with van der Waals surface area (Å²) in [5.41, 5.74) is 0.384. The minimum atomic E-state index is -0.446. The molecule has 1 aliphatic heterocycles. The topological polar surface area (TPSA) is 50.8 Å². The molecular formula is C18H28N2O3. The lowest BCUT2D eigenvalue weighted by Gasteiger charge is -2.40. The van der Waals surface area contributed by atoms with E-state index in [9.17, 15) is 4.79 Å². The Balaban J connectivity index is 1.78. The highest BCUT2D eigenvalue weighted by atomic mass is 16.6. The summed E-state index contributed by atoms with van der Waals surface area (Å²) in [4.78, 5) is 13.6. The Morgan fingerprint density at radius 1 is 1.04 bits per heavy atom. The third kappa shape index (κ3) is 5.66. The van der Waals surface area contributed by atoms with Crippen LogP contribution in [0.4, 0.5) is 10.5 Å². The average Bonchev–Trinajstić information content (AvgIpc) is 2.31. The second kappa shape index (κ2) is 6.30. The standard InChI is InChI=1S/C18H28N2O3/c1-17(2,3)22-15-9-7-13(8-10-15)19-14-11-20(12-14)16(21)23-18(4,5)6/h7-10,14,19H,11-12H2,1-6H3. The number of ether oxygens (including phenoxy) is 2. The Bertz CT molecular complexity index is 535. The van der Waals surface area contributed by atoms with Crippen LogP contribution in [0.5, 0.6) is 5.75 Å². The number of benzene rings is 1. The van der Waals surface area contributed by atoms with Gasteiger partial charge in [0.15, 0.2) is 0 Å². The Labute approximate surface area is 139 Å². The second-order valence-electron chi connectivity index (χ2n) is 7.97. The predicted octanol–water partition coefficient (Wildman–Crippen LogP) is 3.90. The normalized spacial score (nSPS) is 15.8. The maximum absolute atomic E-state index is 11.9. The predicted molar refractivity (Wildman–Crippen MR) is 92.0 cm³/mol. The maximum atomic E-state index is 11.9. The molecule has 23 heavy (non-hydrogen) atoms. The Hall–Kier alpha value is -1.91. The van der Waals surface area contributed by atoms with Crippen molar-refractivity contribution in [2.45, 2.75) is 58.8 Å². The third-order valence-electron chi connectivity index (χ3n) is 3.18. The number of anilines is 1. The summed E-state index contributed by atoms with van der Waals surface area (Å²) in [6, 6.07) is 8.17.